The van der Waals surface area contributed by atoms with Gasteiger partial charge in [0.05, 0.1) is 17.0 Å². The van der Waals surface area contributed by atoms with E-state index in [4.69, 9.17) is 4.98 Å². The number of aryl methyl sites for hydroxylation is 1. The zero-order chi connectivity index (χ0) is 18.6. The number of nitrogens with one attached hydrogen (secondary N) is 1. The van der Waals surface area contributed by atoms with E-state index in [0.29, 0.717) is 12.5 Å². The smallest absolute Gasteiger partial charge is 0.226 e. The zero-order valence-corrected chi connectivity index (χ0v) is 16.4. The summed E-state index contributed by atoms with van der Waals surface area (Å²) < 4.78 is 0. The lowest BCUT2D eigenvalue weighted by Crippen LogP contribution is -2.33. The molecule has 1 N–H and O–H groups in total. The van der Waals surface area contributed by atoms with Crippen LogP contribution in [-0.4, -0.2) is 16.9 Å². The average Bonchev–Trinajstić information content (AvgIpc) is 3.33. The van der Waals surface area contributed by atoms with Gasteiger partial charge >= 0.3 is 0 Å². The number of carbonyl (C=O) groups excluding carboxylic acids is 1. The van der Waals surface area contributed by atoms with Gasteiger partial charge in [0.15, 0.2) is 0 Å². The summed E-state index contributed by atoms with van der Waals surface area (Å²) in [4.78, 5) is 18.5. The van der Waals surface area contributed by atoms with Crippen molar-refractivity contribution in [1.82, 2.24) is 10.3 Å². The van der Waals surface area contributed by atoms with E-state index in [1.165, 1.54) is 18.4 Å². The number of amides is 1. The summed E-state index contributed by atoms with van der Waals surface area (Å²) in [6, 6.07) is 19.0. The fourth-order valence-electron chi connectivity index (χ4n) is 3.61. The molecule has 0 spiro atoms. The topological polar surface area (TPSA) is 42.0 Å². The Morgan fingerprint density at radius 2 is 1.74 bits per heavy atom. The molecule has 1 aromatic heterocycles. The molecule has 4 rings (SSSR count). The standard InChI is InChI=1S/C23H24N2OS/c1-16-11-13-17(14-12-16)22-20(15-21(26)24-19-9-5-6-10-19)25-23(27-22)18-7-3-2-4-8-18/h2-4,7-8,11-14,19H,5-6,9-10,15H2,1H3,(H,24,26). The predicted molar refractivity (Wildman–Crippen MR) is 112 cm³/mol. The summed E-state index contributed by atoms with van der Waals surface area (Å²) in [5.41, 5.74) is 4.33. The normalized spacial score (nSPS) is 14.4. The molecular formula is C23H24N2OS. The van der Waals surface area contributed by atoms with E-state index >= 15 is 0 Å². The third-order valence-corrected chi connectivity index (χ3v) is 6.28. The number of nitrogens with zero attached hydrogens (tertiary/aromatic N) is 1. The predicted octanol–water partition coefficient (Wildman–Crippen LogP) is 5.39. The highest BCUT2D eigenvalue weighted by Gasteiger charge is 2.20. The van der Waals surface area contributed by atoms with Crippen molar-refractivity contribution in [3.05, 3.63) is 65.9 Å². The zero-order valence-electron chi connectivity index (χ0n) is 15.6. The molecule has 2 aromatic carbocycles. The number of thiazole rings is 1. The monoisotopic (exact) mass is 376 g/mol. The molecule has 3 nitrogen and oxygen atoms in total. The molecule has 0 bridgehead atoms. The highest BCUT2D eigenvalue weighted by Crippen LogP contribution is 2.36. The van der Waals surface area contributed by atoms with E-state index in [9.17, 15) is 4.79 Å². The van der Waals surface area contributed by atoms with Crippen LogP contribution in [-0.2, 0) is 11.2 Å². The highest BCUT2D eigenvalue weighted by atomic mass is 32.1. The van der Waals surface area contributed by atoms with Crippen LogP contribution >= 0.6 is 11.3 Å². The fourth-order valence-corrected chi connectivity index (χ4v) is 4.70. The maximum atomic E-state index is 12.6. The van der Waals surface area contributed by atoms with E-state index in [1.54, 1.807) is 11.3 Å². The number of aromatic nitrogens is 1. The van der Waals surface area contributed by atoms with Gasteiger partial charge in [-0.2, -0.15) is 0 Å². The first kappa shape index (κ1) is 17.9. The number of hydrogen-bond donors (Lipinski definition) is 1. The largest absolute Gasteiger partial charge is 0.353 e. The molecule has 1 aliphatic carbocycles. The van der Waals surface area contributed by atoms with Crippen molar-refractivity contribution in [3.8, 4) is 21.0 Å². The summed E-state index contributed by atoms with van der Waals surface area (Å²) in [7, 11) is 0. The molecule has 1 aliphatic rings. The van der Waals surface area contributed by atoms with Gasteiger partial charge in [-0.15, -0.1) is 11.3 Å². The Kier molecular flexibility index (Phi) is 5.35. The van der Waals surface area contributed by atoms with Crippen LogP contribution in [0.5, 0.6) is 0 Å². The molecule has 138 valence electrons. The SMILES string of the molecule is Cc1ccc(-c2sc(-c3ccccc3)nc2CC(=O)NC2CCCC2)cc1. The van der Waals surface area contributed by atoms with Gasteiger partial charge < -0.3 is 5.32 Å². The molecule has 27 heavy (non-hydrogen) atoms. The van der Waals surface area contributed by atoms with Gasteiger partial charge in [0, 0.05) is 11.6 Å². The summed E-state index contributed by atoms with van der Waals surface area (Å²) in [6.45, 7) is 2.09. The van der Waals surface area contributed by atoms with Gasteiger partial charge in [-0.25, -0.2) is 4.98 Å². The number of benzene rings is 2. The molecule has 0 saturated heterocycles. The van der Waals surface area contributed by atoms with Gasteiger partial charge in [0.25, 0.3) is 0 Å². The van der Waals surface area contributed by atoms with Crippen molar-refractivity contribution < 1.29 is 4.79 Å². The average molecular weight is 377 g/mol. The van der Waals surface area contributed by atoms with Crippen LogP contribution in [0, 0.1) is 6.92 Å². The van der Waals surface area contributed by atoms with Gasteiger partial charge in [0.1, 0.15) is 5.01 Å². The molecule has 3 aromatic rings. The first-order valence-corrected chi connectivity index (χ1v) is 10.4. The minimum absolute atomic E-state index is 0.0835. The van der Waals surface area contributed by atoms with Crippen molar-refractivity contribution in [2.24, 2.45) is 0 Å². The Morgan fingerprint density at radius 3 is 2.44 bits per heavy atom. The first-order chi connectivity index (χ1) is 13.2. The second-order valence-electron chi connectivity index (χ2n) is 7.25. The van der Waals surface area contributed by atoms with Crippen LogP contribution in [0.15, 0.2) is 54.6 Å². The maximum absolute atomic E-state index is 12.6. The van der Waals surface area contributed by atoms with Gasteiger partial charge in [0.2, 0.25) is 5.91 Å². The lowest BCUT2D eigenvalue weighted by molar-refractivity contribution is -0.121. The molecule has 4 heteroatoms. The molecule has 0 aliphatic heterocycles. The molecular weight excluding hydrogens is 352 g/mol. The molecule has 1 fully saturated rings. The van der Waals surface area contributed by atoms with Crippen LogP contribution in [0.3, 0.4) is 0 Å². The summed E-state index contributed by atoms with van der Waals surface area (Å²) in [5.74, 6) is 0.0835. The Hall–Kier alpha value is -2.46. The van der Waals surface area contributed by atoms with Gasteiger partial charge in [-0.1, -0.05) is 73.0 Å². The molecule has 0 unspecified atom stereocenters. The minimum Gasteiger partial charge on any atom is -0.353 e. The Balaban J connectivity index is 1.64. The van der Waals surface area contributed by atoms with Crippen LogP contribution in [0.25, 0.3) is 21.0 Å². The first-order valence-electron chi connectivity index (χ1n) is 9.60. The van der Waals surface area contributed by atoms with Crippen LogP contribution in [0.1, 0.15) is 36.9 Å². The lowest BCUT2D eigenvalue weighted by atomic mass is 10.1. The van der Waals surface area contributed by atoms with Crippen molar-refractivity contribution in [3.63, 3.8) is 0 Å². The second-order valence-corrected chi connectivity index (χ2v) is 8.25. The van der Waals surface area contributed by atoms with Crippen molar-refractivity contribution >= 4 is 17.2 Å². The van der Waals surface area contributed by atoms with E-state index in [2.05, 4.69) is 48.6 Å². The summed E-state index contributed by atoms with van der Waals surface area (Å²) >= 11 is 1.67. The summed E-state index contributed by atoms with van der Waals surface area (Å²) in [6.07, 6.45) is 4.97. The Bertz CT molecular complexity index is 909. The number of carbonyl (C=O) groups is 1. The lowest BCUT2D eigenvalue weighted by Gasteiger charge is -2.11. The van der Waals surface area contributed by atoms with Crippen LogP contribution in [0.4, 0.5) is 0 Å². The fraction of sp³-hybridized carbons (Fsp3) is 0.304. The van der Waals surface area contributed by atoms with Crippen molar-refractivity contribution in [2.75, 3.05) is 0 Å². The number of rotatable bonds is 5. The van der Waals surface area contributed by atoms with Crippen molar-refractivity contribution in [1.29, 1.82) is 0 Å². The molecule has 1 heterocycles. The molecule has 1 saturated carbocycles. The van der Waals surface area contributed by atoms with E-state index in [-0.39, 0.29) is 5.91 Å². The van der Waals surface area contributed by atoms with Crippen LogP contribution in [0.2, 0.25) is 0 Å². The van der Waals surface area contributed by atoms with Crippen molar-refractivity contribution in [2.45, 2.75) is 45.1 Å². The molecule has 1 amide bonds. The Labute approximate surface area is 164 Å². The third kappa shape index (κ3) is 4.28. The van der Waals surface area contributed by atoms with Gasteiger partial charge in [-0.3, -0.25) is 4.79 Å². The van der Waals surface area contributed by atoms with E-state index in [0.717, 1.165) is 39.5 Å². The van der Waals surface area contributed by atoms with Gasteiger partial charge in [-0.05, 0) is 25.3 Å². The molecule has 0 radical (unpaired) electrons. The minimum atomic E-state index is 0.0835. The van der Waals surface area contributed by atoms with Crippen LogP contribution < -0.4 is 5.32 Å². The van der Waals surface area contributed by atoms with E-state index in [1.807, 2.05) is 18.2 Å². The third-order valence-electron chi connectivity index (χ3n) is 5.08. The highest BCUT2D eigenvalue weighted by molar-refractivity contribution is 7.18. The number of hydrogen-bond acceptors (Lipinski definition) is 3. The maximum Gasteiger partial charge on any atom is 0.226 e. The quantitative estimate of drug-likeness (QED) is 0.649. The molecule has 0 atom stereocenters. The second kappa shape index (κ2) is 8.05. The van der Waals surface area contributed by atoms with E-state index < -0.39 is 0 Å². The summed E-state index contributed by atoms with van der Waals surface area (Å²) in [5, 5.41) is 4.16. The Morgan fingerprint density at radius 1 is 1.04 bits per heavy atom.